The molecule has 1 amide bonds. The van der Waals surface area contributed by atoms with E-state index in [0.29, 0.717) is 18.1 Å². The predicted octanol–water partition coefficient (Wildman–Crippen LogP) is 8.05. The summed E-state index contributed by atoms with van der Waals surface area (Å²) in [6.45, 7) is 11.8. The van der Waals surface area contributed by atoms with E-state index in [2.05, 4.69) is 40.0 Å². The monoisotopic (exact) mass is 641 g/mol. The van der Waals surface area contributed by atoms with Crippen LogP contribution in [-0.2, 0) is 9.47 Å². The minimum atomic E-state index is -0.531. The highest BCUT2D eigenvalue weighted by Crippen LogP contribution is 2.45. The molecule has 0 bridgehead atoms. The maximum Gasteiger partial charge on any atom is 0.410 e. The molecule has 7 rings (SSSR count). The Bertz CT molecular complexity index is 1930. The molecule has 3 aromatic heterocycles. The van der Waals surface area contributed by atoms with Crippen molar-refractivity contribution in [3.8, 4) is 22.4 Å². The van der Waals surface area contributed by atoms with Crippen molar-refractivity contribution in [2.24, 2.45) is 0 Å². The van der Waals surface area contributed by atoms with E-state index in [-0.39, 0.29) is 18.4 Å². The number of halogens is 1. The summed E-state index contributed by atoms with van der Waals surface area (Å²) in [4.78, 5) is 14.6. The van der Waals surface area contributed by atoms with E-state index in [1.807, 2.05) is 50.7 Å². The molecule has 0 spiro atoms. The van der Waals surface area contributed by atoms with Crippen molar-refractivity contribution >= 4 is 39.5 Å². The average molecular weight is 642 g/mol. The first kappa shape index (κ1) is 30.6. The van der Waals surface area contributed by atoms with E-state index in [9.17, 15) is 4.79 Å². The molecule has 0 aliphatic carbocycles. The van der Waals surface area contributed by atoms with Crippen LogP contribution >= 0.6 is 11.6 Å². The molecule has 2 aromatic carbocycles. The SMILES string of the molecule is Cc1cc2c(cnn2C2CCCCO2)c(-c2c(-c3ccc4nnccc4c3)nn(C3CCN(C(=O)OC(C)(C)C)CC3)c2C)c1Cl. The molecule has 5 aromatic rings. The molecule has 240 valence electrons. The fraction of sp³-hybridized carbons (Fsp3) is 0.457. The Morgan fingerprint density at radius 2 is 1.83 bits per heavy atom. The van der Waals surface area contributed by atoms with Gasteiger partial charge in [0.2, 0.25) is 0 Å². The maximum absolute atomic E-state index is 12.8. The van der Waals surface area contributed by atoms with E-state index in [0.717, 1.165) is 94.2 Å². The van der Waals surface area contributed by atoms with Gasteiger partial charge in [-0.1, -0.05) is 17.7 Å². The number of fused-ring (bicyclic) bond motifs is 2. The lowest BCUT2D eigenvalue weighted by Crippen LogP contribution is -2.42. The number of carbonyl (C=O) groups excluding carboxylic acids is 1. The molecular formula is C35H40ClN7O3. The molecule has 11 heteroatoms. The van der Waals surface area contributed by atoms with Crippen LogP contribution in [-0.4, -0.2) is 66.0 Å². The lowest BCUT2D eigenvalue weighted by molar-refractivity contribution is -0.0366. The molecule has 46 heavy (non-hydrogen) atoms. The van der Waals surface area contributed by atoms with Gasteiger partial charge in [-0.3, -0.25) is 4.68 Å². The van der Waals surface area contributed by atoms with Crippen molar-refractivity contribution in [1.29, 1.82) is 0 Å². The van der Waals surface area contributed by atoms with Crippen LogP contribution in [0.3, 0.4) is 0 Å². The molecule has 1 atom stereocenters. The smallest absolute Gasteiger partial charge is 0.410 e. The number of hydrogen-bond donors (Lipinski definition) is 0. The van der Waals surface area contributed by atoms with Gasteiger partial charge in [-0.25, -0.2) is 9.48 Å². The summed E-state index contributed by atoms with van der Waals surface area (Å²) in [5.74, 6) is 0. The Hall–Kier alpha value is -4.02. The Morgan fingerprint density at radius 1 is 1.02 bits per heavy atom. The second-order valence-corrected chi connectivity index (χ2v) is 13.9. The minimum absolute atomic E-state index is 0.0975. The lowest BCUT2D eigenvalue weighted by Gasteiger charge is -2.34. The molecule has 2 fully saturated rings. The second-order valence-electron chi connectivity index (χ2n) is 13.5. The van der Waals surface area contributed by atoms with Gasteiger partial charge >= 0.3 is 6.09 Å². The predicted molar refractivity (Wildman–Crippen MR) is 179 cm³/mol. The zero-order valence-electron chi connectivity index (χ0n) is 27.1. The first-order valence-electron chi connectivity index (χ1n) is 16.2. The van der Waals surface area contributed by atoms with Crippen molar-refractivity contribution in [2.45, 2.75) is 84.6 Å². The Balaban J connectivity index is 1.35. The van der Waals surface area contributed by atoms with Crippen LogP contribution in [0.4, 0.5) is 4.79 Å². The van der Waals surface area contributed by atoms with Gasteiger partial charge in [0, 0.05) is 52.9 Å². The average Bonchev–Trinajstić information content (AvgIpc) is 3.62. The number of piperidine rings is 1. The number of aromatic nitrogens is 6. The second kappa shape index (κ2) is 12.0. The molecule has 10 nitrogen and oxygen atoms in total. The van der Waals surface area contributed by atoms with Gasteiger partial charge in [0.15, 0.2) is 6.23 Å². The summed E-state index contributed by atoms with van der Waals surface area (Å²) in [6, 6.07) is 10.3. The molecule has 5 heterocycles. The Kier molecular flexibility index (Phi) is 7.97. The van der Waals surface area contributed by atoms with Crippen molar-refractivity contribution in [3.05, 3.63) is 59.0 Å². The van der Waals surface area contributed by atoms with Crippen LogP contribution in [0.2, 0.25) is 5.02 Å². The summed E-state index contributed by atoms with van der Waals surface area (Å²) in [5.41, 5.74) is 7.02. The quantitative estimate of drug-likeness (QED) is 0.196. The van der Waals surface area contributed by atoms with Crippen LogP contribution in [0.5, 0.6) is 0 Å². The van der Waals surface area contributed by atoms with Crippen LogP contribution < -0.4 is 0 Å². The van der Waals surface area contributed by atoms with Crippen LogP contribution in [0.15, 0.2) is 42.7 Å². The van der Waals surface area contributed by atoms with Crippen molar-refractivity contribution < 1.29 is 14.3 Å². The zero-order chi connectivity index (χ0) is 32.2. The zero-order valence-corrected chi connectivity index (χ0v) is 27.8. The summed E-state index contributed by atoms with van der Waals surface area (Å²) in [7, 11) is 0. The first-order chi connectivity index (χ1) is 22.1. The standard InChI is InChI=1S/C35H40ClN7O3/c1-21-18-28-26(20-38-43(28)29-8-6-7-17-45-29)31(32(21)36)30-22(2)42(25-12-15-41(16-13-25)34(44)46-35(3,4)5)40-33(30)24-9-10-27-23(19-24)11-14-37-39-27/h9-11,14,18-20,25,29H,6-8,12-13,15-17H2,1-5H3. The lowest BCUT2D eigenvalue weighted by atomic mass is 9.94. The number of carbonyl (C=O) groups is 1. The van der Waals surface area contributed by atoms with Gasteiger partial charge in [0.05, 0.1) is 34.5 Å². The molecule has 2 saturated heterocycles. The Morgan fingerprint density at radius 3 is 2.57 bits per heavy atom. The van der Waals surface area contributed by atoms with Crippen LogP contribution in [0.25, 0.3) is 44.2 Å². The third kappa shape index (κ3) is 5.62. The van der Waals surface area contributed by atoms with E-state index < -0.39 is 5.60 Å². The summed E-state index contributed by atoms with van der Waals surface area (Å²) in [6.07, 6.45) is 7.91. The number of rotatable bonds is 4. The largest absolute Gasteiger partial charge is 0.444 e. The fourth-order valence-corrected chi connectivity index (χ4v) is 7.06. The normalized spacial score (nSPS) is 18.0. The number of nitrogens with zero attached hydrogens (tertiary/aromatic N) is 7. The molecule has 2 aliphatic rings. The van der Waals surface area contributed by atoms with Gasteiger partial charge in [0.25, 0.3) is 0 Å². The summed E-state index contributed by atoms with van der Waals surface area (Å²) in [5, 5.41) is 21.2. The highest BCUT2D eigenvalue weighted by Gasteiger charge is 2.32. The highest BCUT2D eigenvalue weighted by atomic mass is 35.5. The van der Waals surface area contributed by atoms with E-state index in [4.69, 9.17) is 31.3 Å². The van der Waals surface area contributed by atoms with Crippen molar-refractivity contribution in [1.82, 2.24) is 34.7 Å². The topological polar surface area (TPSA) is 100 Å². The molecular weight excluding hydrogens is 602 g/mol. The van der Waals surface area contributed by atoms with E-state index in [1.54, 1.807) is 11.1 Å². The van der Waals surface area contributed by atoms with Crippen molar-refractivity contribution in [3.63, 3.8) is 0 Å². The number of amides is 1. The first-order valence-corrected chi connectivity index (χ1v) is 16.5. The molecule has 1 unspecified atom stereocenters. The third-order valence-corrected chi connectivity index (χ3v) is 9.59. The molecule has 0 radical (unpaired) electrons. The summed E-state index contributed by atoms with van der Waals surface area (Å²) < 4.78 is 16.0. The Labute approximate surface area is 273 Å². The van der Waals surface area contributed by atoms with E-state index in [1.165, 1.54) is 0 Å². The number of aryl methyl sites for hydroxylation is 1. The van der Waals surface area contributed by atoms with Crippen LogP contribution in [0.1, 0.15) is 76.4 Å². The molecule has 0 N–H and O–H groups in total. The number of ether oxygens (including phenoxy) is 2. The number of hydrogen-bond acceptors (Lipinski definition) is 7. The highest BCUT2D eigenvalue weighted by molar-refractivity contribution is 6.36. The third-order valence-electron chi connectivity index (χ3n) is 9.10. The van der Waals surface area contributed by atoms with Crippen LogP contribution in [0, 0.1) is 13.8 Å². The maximum atomic E-state index is 12.8. The fourth-order valence-electron chi connectivity index (χ4n) is 6.81. The van der Waals surface area contributed by atoms with Gasteiger partial charge in [-0.15, -0.1) is 0 Å². The van der Waals surface area contributed by atoms with Gasteiger partial charge in [-0.05, 0) is 96.6 Å². The van der Waals surface area contributed by atoms with Gasteiger partial charge in [-0.2, -0.15) is 20.4 Å². The minimum Gasteiger partial charge on any atom is -0.444 e. The number of benzene rings is 2. The van der Waals surface area contributed by atoms with Gasteiger partial charge in [0.1, 0.15) is 11.3 Å². The number of likely N-dealkylation sites (tertiary alicyclic amines) is 1. The summed E-state index contributed by atoms with van der Waals surface area (Å²) >= 11 is 7.25. The molecule has 0 saturated carbocycles. The van der Waals surface area contributed by atoms with Gasteiger partial charge < -0.3 is 14.4 Å². The van der Waals surface area contributed by atoms with Crippen molar-refractivity contribution in [2.75, 3.05) is 19.7 Å². The van der Waals surface area contributed by atoms with E-state index >= 15 is 0 Å². The molecule has 2 aliphatic heterocycles.